The van der Waals surface area contributed by atoms with Crippen LogP contribution < -0.4 is 25.0 Å². The number of hydrogen-bond acceptors (Lipinski definition) is 8. The monoisotopic (exact) mass is 582 g/mol. The maximum absolute atomic E-state index is 12.9. The number of nitrogens with zero attached hydrogens (tertiary/aromatic N) is 2. The fraction of sp³-hybridized carbons (Fsp3) is 0.276. The van der Waals surface area contributed by atoms with Crippen LogP contribution in [0.3, 0.4) is 0 Å². The number of amides is 2. The molecule has 41 heavy (non-hydrogen) atoms. The number of nitro benzene ring substituents is 1. The lowest BCUT2D eigenvalue weighted by Crippen LogP contribution is -2.47. The molecule has 0 spiro atoms. The van der Waals surface area contributed by atoms with Gasteiger partial charge in [-0.15, -0.1) is 0 Å². The Morgan fingerprint density at radius 2 is 1.76 bits per heavy atom. The summed E-state index contributed by atoms with van der Waals surface area (Å²) in [6, 6.07) is 17.6. The van der Waals surface area contributed by atoms with Gasteiger partial charge >= 0.3 is 0 Å². The maximum atomic E-state index is 12.9. The van der Waals surface area contributed by atoms with E-state index in [-0.39, 0.29) is 41.9 Å². The van der Waals surface area contributed by atoms with Gasteiger partial charge in [0.25, 0.3) is 17.5 Å². The molecule has 0 fully saturated rings. The van der Waals surface area contributed by atoms with E-state index in [4.69, 9.17) is 25.8 Å². The first-order valence-corrected chi connectivity index (χ1v) is 13.1. The Morgan fingerprint density at radius 1 is 1.05 bits per heavy atom. The molecule has 0 aliphatic heterocycles. The standard InChI is InChI=1S/C29H31ClN4O7/c1-19(2)13-24(32-28(35)18-40-23-11-9-22(30)10-12-23)29(36)33-31-16-21-14-26(39-3)27(15-25(21)34(37)38)41-17-20-7-5-4-6-8-20/h4-12,14-16,19,24H,13,17-18H2,1-3H3,(H,32,35)(H,33,36)/b31-16-/t24-/m0/s1. The molecule has 0 saturated heterocycles. The molecule has 0 aliphatic rings. The zero-order valence-electron chi connectivity index (χ0n) is 22.8. The lowest BCUT2D eigenvalue weighted by atomic mass is 10.0. The number of halogens is 1. The van der Waals surface area contributed by atoms with Crippen molar-refractivity contribution in [2.24, 2.45) is 11.0 Å². The van der Waals surface area contributed by atoms with Crippen molar-refractivity contribution in [3.05, 3.63) is 93.0 Å². The van der Waals surface area contributed by atoms with Gasteiger partial charge < -0.3 is 19.5 Å². The van der Waals surface area contributed by atoms with Gasteiger partial charge in [-0.05, 0) is 48.2 Å². The van der Waals surface area contributed by atoms with Crippen LogP contribution in [-0.4, -0.2) is 42.7 Å². The van der Waals surface area contributed by atoms with Crippen molar-refractivity contribution in [1.29, 1.82) is 0 Å². The minimum atomic E-state index is -0.910. The molecule has 0 bridgehead atoms. The summed E-state index contributed by atoms with van der Waals surface area (Å²) < 4.78 is 16.6. The first-order valence-electron chi connectivity index (χ1n) is 12.7. The third-order valence-corrected chi connectivity index (χ3v) is 5.92. The highest BCUT2D eigenvalue weighted by Crippen LogP contribution is 2.34. The Labute approximate surface area is 242 Å². The van der Waals surface area contributed by atoms with Gasteiger partial charge in [0.2, 0.25) is 0 Å². The van der Waals surface area contributed by atoms with E-state index in [1.165, 1.54) is 19.2 Å². The molecule has 2 N–H and O–H groups in total. The molecule has 0 heterocycles. The summed E-state index contributed by atoms with van der Waals surface area (Å²) in [5.74, 6) is -0.133. The largest absolute Gasteiger partial charge is 0.493 e. The highest BCUT2D eigenvalue weighted by atomic mass is 35.5. The van der Waals surface area contributed by atoms with Gasteiger partial charge in [0.15, 0.2) is 18.1 Å². The summed E-state index contributed by atoms with van der Waals surface area (Å²) >= 11 is 5.85. The minimum absolute atomic E-state index is 0.0704. The normalized spacial score (nSPS) is 11.6. The SMILES string of the molecule is COc1cc(/C=N\NC(=O)[C@H](CC(C)C)NC(=O)COc2ccc(Cl)cc2)c([N+](=O)[O-])cc1OCc1ccccc1. The molecule has 11 nitrogen and oxygen atoms in total. The molecule has 2 amide bonds. The molecule has 0 unspecified atom stereocenters. The second kappa shape index (κ2) is 15.2. The average Bonchev–Trinajstić information content (AvgIpc) is 2.95. The number of benzene rings is 3. The van der Waals surface area contributed by atoms with Crippen LogP contribution in [0.15, 0.2) is 71.8 Å². The molecule has 12 heteroatoms. The number of ether oxygens (including phenoxy) is 3. The molecule has 216 valence electrons. The Kier molecular flexibility index (Phi) is 11.5. The van der Waals surface area contributed by atoms with E-state index < -0.39 is 22.8 Å². The smallest absolute Gasteiger partial charge is 0.282 e. The van der Waals surface area contributed by atoms with Crippen LogP contribution in [0, 0.1) is 16.0 Å². The number of carbonyl (C=O) groups is 2. The topological polar surface area (TPSA) is 141 Å². The Bertz CT molecular complexity index is 1370. The summed E-state index contributed by atoms with van der Waals surface area (Å²) in [6.45, 7) is 3.68. The molecular formula is C29H31ClN4O7. The van der Waals surface area contributed by atoms with Crippen molar-refractivity contribution >= 4 is 35.3 Å². The number of nitro groups is 1. The Morgan fingerprint density at radius 3 is 2.39 bits per heavy atom. The number of hydrazone groups is 1. The second-order valence-corrected chi connectivity index (χ2v) is 9.76. The predicted octanol–water partition coefficient (Wildman–Crippen LogP) is 4.90. The van der Waals surface area contributed by atoms with Gasteiger partial charge in [-0.25, -0.2) is 5.43 Å². The van der Waals surface area contributed by atoms with E-state index in [0.717, 1.165) is 11.8 Å². The molecule has 0 radical (unpaired) electrons. The average molecular weight is 583 g/mol. The van der Waals surface area contributed by atoms with Crippen LogP contribution in [0.25, 0.3) is 0 Å². The lowest BCUT2D eigenvalue weighted by molar-refractivity contribution is -0.385. The first-order chi connectivity index (χ1) is 19.7. The van der Waals surface area contributed by atoms with E-state index in [9.17, 15) is 19.7 Å². The molecule has 0 saturated carbocycles. The third-order valence-electron chi connectivity index (χ3n) is 5.67. The molecule has 0 aliphatic carbocycles. The molecular weight excluding hydrogens is 552 g/mol. The van der Waals surface area contributed by atoms with Gasteiger partial charge in [-0.2, -0.15) is 5.10 Å². The zero-order valence-corrected chi connectivity index (χ0v) is 23.6. The van der Waals surface area contributed by atoms with E-state index in [1.54, 1.807) is 24.3 Å². The van der Waals surface area contributed by atoms with Crippen LogP contribution in [0.5, 0.6) is 17.2 Å². The van der Waals surface area contributed by atoms with Crippen molar-refractivity contribution in [2.75, 3.05) is 13.7 Å². The summed E-state index contributed by atoms with van der Waals surface area (Å²) in [5.41, 5.74) is 3.02. The molecule has 3 aromatic rings. The number of methoxy groups -OCH3 is 1. The third kappa shape index (κ3) is 9.80. The summed E-state index contributed by atoms with van der Waals surface area (Å²) in [5, 5.41) is 18.8. The van der Waals surface area contributed by atoms with E-state index in [0.29, 0.717) is 17.2 Å². The van der Waals surface area contributed by atoms with Gasteiger partial charge in [0.05, 0.1) is 29.9 Å². The molecule has 3 rings (SSSR count). The molecule has 1 atom stereocenters. The second-order valence-electron chi connectivity index (χ2n) is 9.32. The van der Waals surface area contributed by atoms with Crippen LogP contribution >= 0.6 is 11.6 Å². The van der Waals surface area contributed by atoms with Crippen LogP contribution in [0.4, 0.5) is 5.69 Å². The zero-order chi connectivity index (χ0) is 29.8. The number of rotatable bonds is 14. The van der Waals surface area contributed by atoms with E-state index in [2.05, 4.69) is 15.8 Å². The summed E-state index contributed by atoms with van der Waals surface area (Å²) in [6.07, 6.45) is 1.47. The summed E-state index contributed by atoms with van der Waals surface area (Å²) in [7, 11) is 1.41. The molecule has 3 aromatic carbocycles. The fourth-order valence-electron chi connectivity index (χ4n) is 3.70. The van der Waals surface area contributed by atoms with E-state index >= 15 is 0 Å². The van der Waals surface area contributed by atoms with Crippen molar-refractivity contribution in [3.8, 4) is 17.2 Å². The van der Waals surface area contributed by atoms with Gasteiger partial charge in [-0.1, -0.05) is 55.8 Å². The predicted molar refractivity (Wildman–Crippen MR) is 154 cm³/mol. The van der Waals surface area contributed by atoms with Gasteiger partial charge in [0.1, 0.15) is 18.4 Å². The Hall–Kier alpha value is -4.64. The van der Waals surface area contributed by atoms with Crippen molar-refractivity contribution in [3.63, 3.8) is 0 Å². The lowest BCUT2D eigenvalue weighted by Gasteiger charge is -2.19. The van der Waals surface area contributed by atoms with Crippen LogP contribution in [0.2, 0.25) is 5.02 Å². The fourth-order valence-corrected chi connectivity index (χ4v) is 3.82. The highest BCUT2D eigenvalue weighted by molar-refractivity contribution is 6.30. The highest BCUT2D eigenvalue weighted by Gasteiger charge is 2.23. The van der Waals surface area contributed by atoms with E-state index in [1.807, 2.05) is 44.2 Å². The number of nitrogens with one attached hydrogen (secondary N) is 2. The van der Waals surface area contributed by atoms with Gasteiger partial charge in [-0.3, -0.25) is 19.7 Å². The molecule has 0 aromatic heterocycles. The van der Waals surface area contributed by atoms with Crippen LogP contribution in [-0.2, 0) is 16.2 Å². The number of carbonyl (C=O) groups excluding carboxylic acids is 2. The number of hydrogen-bond donors (Lipinski definition) is 2. The quantitative estimate of drug-likeness (QED) is 0.156. The van der Waals surface area contributed by atoms with Gasteiger partial charge in [0, 0.05) is 5.02 Å². The Balaban J connectivity index is 1.67. The van der Waals surface area contributed by atoms with Crippen molar-refractivity contribution in [1.82, 2.24) is 10.7 Å². The van der Waals surface area contributed by atoms with Crippen molar-refractivity contribution < 1.29 is 28.7 Å². The first kappa shape index (κ1) is 30.9. The minimum Gasteiger partial charge on any atom is -0.493 e. The van der Waals surface area contributed by atoms with Crippen molar-refractivity contribution in [2.45, 2.75) is 32.9 Å². The van der Waals surface area contributed by atoms with Crippen LogP contribution in [0.1, 0.15) is 31.4 Å². The maximum Gasteiger partial charge on any atom is 0.282 e. The summed E-state index contributed by atoms with van der Waals surface area (Å²) in [4.78, 5) is 36.5.